The van der Waals surface area contributed by atoms with Crippen molar-refractivity contribution in [2.24, 2.45) is 17.8 Å². The summed E-state index contributed by atoms with van der Waals surface area (Å²) in [5.74, 6) is 2.10. The smallest absolute Gasteiger partial charge is 0.271 e. The molecule has 1 unspecified atom stereocenters. The summed E-state index contributed by atoms with van der Waals surface area (Å²) in [5.41, 5.74) is 4.42. The highest BCUT2D eigenvalue weighted by molar-refractivity contribution is 6.33. The van der Waals surface area contributed by atoms with Crippen LogP contribution in [0.4, 0.5) is 5.82 Å². The quantitative estimate of drug-likeness (QED) is 0.273. The second-order valence-electron chi connectivity index (χ2n) is 11.9. The van der Waals surface area contributed by atoms with Gasteiger partial charge in [-0.05, 0) is 68.0 Å². The molecule has 0 radical (unpaired) electrons. The Morgan fingerprint density at radius 2 is 1.91 bits per heavy atom. The molecule has 2 N–H and O–H groups in total. The van der Waals surface area contributed by atoms with Crippen molar-refractivity contribution in [2.45, 2.75) is 19.4 Å². The minimum atomic E-state index is -0.987. The van der Waals surface area contributed by atoms with Crippen molar-refractivity contribution in [3.8, 4) is 28.5 Å². The van der Waals surface area contributed by atoms with Gasteiger partial charge < -0.3 is 15.3 Å². The molecule has 0 spiro atoms. The average molecular weight is 605 g/mol. The summed E-state index contributed by atoms with van der Waals surface area (Å²) in [7, 11) is 0. The van der Waals surface area contributed by atoms with Crippen LogP contribution in [0, 0.1) is 29.1 Å². The van der Waals surface area contributed by atoms with Crippen molar-refractivity contribution in [3.63, 3.8) is 0 Å². The molecule has 5 aromatic heterocycles. The van der Waals surface area contributed by atoms with Crippen LogP contribution >= 0.6 is 11.6 Å². The molecule has 2 aliphatic rings. The number of halogens is 1. The molecule has 1 saturated heterocycles. The second-order valence-corrected chi connectivity index (χ2v) is 12.3. The summed E-state index contributed by atoms with van der Waals surface area (Å²) >= 11 is 6.11. The van der Waals surface area contributed by atoms with E-state index >= 15 is 0 Å². The van der Waals surface area contributed by atoms with Gasteiger partial charge in [0.05, 0.1) is 33.6 Å². The number of hydrogen-bond donors (Lipinski definition) is 2. The van der Waals surface area contributed by atoms with E-state index in [1.54, 1.807) is 49.1 Å². The molecule has 3 atom stereocenters. The van der Waals surface area contributed by atoms with Crippen LogP contribution in [0.2, 0.25) is 5.02 Å². The molecule has 0 bridgehead atoms. The number of nitriles is 1. The van der Waals surface area contributed by atoms with Crippen molar-refractivity contribution >= 4 is 28.8 Å². The zero-order valence-electron chi connectivity index (χ0n) is 24.1. The van der Waals surface area contributed by atoms with Crippen molar-refractivity contribution in [1.29, 1.82) is 5.26 Å². The van der Waals surface area contributed by atoms with Gasteiger partial charge in [-0.1, -0.05) is 17.7 Å². The van der Waals surface area contributed by atoms with E-state index in [0.29, 0.717) is 40.4 Å². The van der Waals surface area contributed by atoms with Crippen LogP contribution in [-0.4, -0.2) is 55.2 Å². The monoisotopic (exact) mass is 604 g/mol. The number of pyridine rings is 4. The Morgan fingerprint density at radius 3 is 2.57 bits per heavy atom. The summed E-state index contributed by atoms with van der Waals surface area (Å²) in [5, 5.41) is 27.9. The third kappa shape index (κ3) is 5.04. The number of anilines is 1. The third-order valence-corrected chi connectivity index (χ3v) is 9.03. The van der Waals surface area contributed by atoms with Crippen molar-refractivity contribution in [2.75, 3.05) is 24.5 Å². The standard InChI is InChI=1S/C33H29ClN8O2/c1-33(2,44)22-6-7-28(37-14-22)20-10-23(31-21(11-35)13-40-42(31)16-20)19-5-8-29(38-12-19)41-17-25-24(26(25)18-41)15-39-32(43)30-27(34)4-3-9-36-30/h3-10,12-14,16,24-26,44H,15,17-18H2,1-2H3,(H,39,43)/t24?,25-,26+. The van der Waals surface area contributed by atoms with Gasteiger partial charge in [-0.15, -0.1) is 0 Å². The fourth-order valence-corrected chi connectivity index (χ4v) is 6.42. The number of hydrogen-bond acceptors (Lipinski definition) is 8. The Labute approximate surface area is 259 Å². The molecule has 11 heteroatoms. The maximum Gasteiger partial charge on any atom is 0.271 e. The largest absolute Gasteiger partial charge is 0.386 e. The lowest BCUT2D eigenvalue weighted by molar-refractivity contribution is 0.0782. The predicted octanol–water partition coefficient (Wildman–Crippen LogP) is 4.72. The number of amides is 1. The van der Waals surface area contributed by atoms with Gasteiger partial charge in [0.1, 0.15) is 17.6 Å². The Bertz CT molecular complexity index is 1910. The number of nitrogens with one attached hydrogen (secondary N) is 1. The molecule has 6 heterocycles. The molecule has 1 saturated carbocycles. The van der Waals surface area contributed by atoms with Gasteiger partial charge in [0.15, 0.2) is 0 Å². The number of carbonyl (C=O) groups excluding carboxylic acids is 1. The first-order valence-electron chi connectivity index (χ1n) is 14.4. The van der Waals surface area contributed by atoms with E-state index in [1.807, 2.05) is 42.7 Å². The van der Waals surface area contributed by atoms with E-state index in [9.17, 15) is 15.2 Å². The van der Waals surface area contributed by atoms with E-state index in [2.05, 4.69) is 31.4 Å². The third-order valence-electron chi connectivity index (χ3n) is 8.72. The SMILES string of the molecule is CC(C)(O)c1ccc(-c2cc(-c3ccc(N4C[C@@H]5C(CNC(=O)c6ncccc6Cl)[C@@H]5C4)nc3)c3c(C#N)cnn3c2)nc1. The zero-order valence-corrected chi connectivity index (χ0v) is 24.9. The highest BCUT2D eigenvalue weighted by Crippen LogP contribution is 2.52. The summed E-state index contributed by atoms with van der Waals surface area (Å²) < 4.78 is 1.71. The number of aliphatic hydroxyl groups is 1. The molecular formula is C33H29ClN8O2. The van der Waals surface area contributed by atoms with Gasteiger partial charge in [-0.3, -0.25) is 9.78 Å². The van der Waals surface area contributed by atoms with E-state index < -0.39 is 5.60 Å². The number of carbonyl (C=O) groups is 1. The maximum atomic E-state index is 12.5. The van der Waals surface area contributed by atoms with Crippen LogP contribution in [0.5, 0.6) is 0 Å². The van der Waals surface area contributed by atoms with Gasteiger partial charge in [0.2, 0.25) is 0 Å². The molecule has 10 nitrogen and oxygen atoms in total. The lowest BCUT2D eigenvalue weighted by Gasteiger charge is -2.21. The van der Waals surface area contributed by atoms with Crippen LogP contribution in [0.15, 0.2) is 73.4 Å². The first-order chi connectivity index (χ1) is 21.2. The first-order valence-corrected chi connectivity index (χ1v) is 14.8. The Morgan fingerprint density at radius 1 is 1.09 bits per heavy atom. The molecule has 44 heavy (non-hydrogen) atoms. The van der Waals surface area contributed by atoms with Gasteiger partial charge >= 0.3 is 0 Å². The number of aromatic nitrogens is 5. The summed E-state index contributed by atoms with van der Waals surface area (Å²) in [6.45, 7) is 5.82. The Kier molecular flexibility index (Phi) is 6.80. The van der Waals surface area contributed by atoms with Crippen molar-refractivity contribution < 1.29 is 9.90 Å². The van der Waals surface area contributed by atoms with Crippen LogP contribution < -0.4 is 10.2 Å². The molecular weight excluding hydrogens is 576 g/mol. The van der Waals surface area contributed by atoms with Gasteiger partial charge in [0.25, 0.3) is 5.91 Å². The average Bonchev–Trinajstić information content (AvgIpc) is 3.33. The molecule has 0 aromatic carbocycles. The van der Waals surface area contributed by atoms with Crippen molar-refractivity contribution in [3.05, 3.63) is 95.3 Å². The number of rotatable bonds is 7. The molecule has 220 valence electrons. The molecule has 1 aliphatic heterocycles. The highest BCUT2D eigenvalue weighted by Gasteiger charge is 2.55. The molecule has 5 aromatic rings. The Balaban J connectivity index is 1.07. The maximum absolute atomic E-state index is 12.5. The fourth-order valence-electron chi connectivity index (χ4n) is 6.21. The van der Waals surface area contributed by atoms with Crippen molar-refractivity contribution in [1.82, 2.24) is 29.9 Å². The highest BCUT2D eigenvalue weighted by atomic mass is 35.5. The van der Waals surface area contributed by atoms with E-state index in [4.69, 9.17) is 16.6 Å². The van der Waals surface area contributed by atoms with Crippen LogP contribution in [0.25, 0.3) is 27.9 Å². The zero-order chi connectivity index (χ0) is 30.6. The van der Waals surface area contributed by atoms with Gasteiger partial charge in [-0.2, -0.15) is 10.4 Å². The lowest BCUT2D eigenvalue weighted by atomic mass is 9.99. The molecule has 7 rings (SSSR count). The van der Waals surface area contributed by atoms with Gasteiger partial charge in [0, 0.05) is 66.7 Å². The first kappa shape index (κ1) is 28.0. The molecule has 2 fully saturated rings. The normalized spacial score (nSPS) is 19.1. The summed E-state index contributed by atoms with van der Waals surface area (Å²) in [6, 6.07) is 15.4. The van der Waals surface area contributed by atoms with E-state index in [0.717, 1.165) is 46.9 Å². The van der Waals surface area contributed by atoms with Crippen LogP contribution in [0.1, 0.15) is 35.5 Å². The van der Waals surface area contributed by atoms with E-state index in [1.165, 1.54) is 0 Å². The minimum absolute atomic E-state index is 0.243. The Hall–Kier alpha value is -4.85. The fraction of sp³-hybridized carbons (Fsp3) is 0.273. The lowest BCUT2D eigenvalue weighted by Crippen LogP contribution is -2.31. The second kappa shape index (κ2) is 10.7. The molecule has 1 aliphatic carbocycles. The number of piperidine rings is 1. The number of nitrogens with zero attached hydrogens (tertiary/aromatic N) is 7. The summed E-state index contributed by atoms with van der Waals surface area (Å²) in [4.78, 5) is 28.3. The van der Waals surface area contributed by atoms with Crippen LogP contribution in [0.3, 0.4) is 0 Å². The van der Waals surface area contributed by atoms with E-state index in [-0.39, 0.29) is 11.6 Å². The minimum Gasteiger partial charge on any atom is -0.386 e. The predicted molar refractivity (Wildman–Crippen MR) is 166 cm³/mol. The molecule has 1 amide bonds. The summed E-state index contributed by atoms with van der Waals surface area (Å²) in [6.07, 6.45) is 8.50. The van der Waals surface area contributed by atoms with Crippen LogP contribution in [-0.2, 0) is 5.60 Å². The number of fused-ring (bicyclic) bond motifs is 2. The topological polar surface area (TPSA) is 132 Å². The van der Waals surface area contributed by atoms with Gasteiger partial charge in [-0.25, -0.2) is 14.5 Å².